The van der Waals surface area contributed by atoms with Crippen molar-refractivity contribution in [2.24, 2.45) is 0 Å². The second-order valence-corrected chi connectivity index (χ2v) is 5.72. The Morgan fingerprint density at radius 2 is 2.05 bits per heavy atom. The molecule has 4 nitrogen and oxygen atoms in total. The number of halogens is 1. The molecule has 0 unspecified atom stereocenters. The zero-order valence-electron chi connectivity index (χ0n) is 11.7. The number of hydrogen-bond acceptors (Lipinski definition) is 4. The maximum absolute atomic E-state index is 6.16. The summed E-state index contributed by atoms with van der Waals surface area (Å²) in [4.78, 5) is 2.43. The van der Waals surface area contributed by atoms with Gasteiger partial charge in [0.05, 0.1) is 19.8 Å². The average Bonchev–Trinajstić information content (AvgIpc) is 2.92. The highest BCUT2D eigenvalue weighted by molar-refractivity contribution is 6.30. The summed E-state index contributed by atoms with van der Waals surface area (Å²) in [7, 11) is 0. The van der Waals surface area contributed by atoms with E-state index in [1.165, 1.54) is 11.1 Å². The Bertz CT molecular complexity index is 461. The Morgan fingerprint density at radius 1 is 1.20 bits per heavy atom. The summed E-state index contributed by atoms with van der Waals surface area (Å²) in [6.45, 7) is 7.41. The number of fused-ring (bicyclic) bond motifs is 1. The van der Waals surface area contributed by atoms with Gasteiger partial charge in [0.1, 0.15) is 5.75 Å². The smallest absolute Gasteiger partial charge is 0.127 e. The van der Waals surface area contributed by atoms with Crippen LogP contribution in [0.4, 0.5) is 0 Å². The van der Waals surface area contributed by atoms with Crippen molar-refractivity contribution < 1.29 is 9.47 Å². The minimum atomic E-state index is 0.774. The molecule has 1 aromatic carbocycles. The van der Waals surface area contributed by atoms with Gasteiger partial charge in [-0.3, -0.25) is 4.90 Å². The summed E-state index contributed by atoms with van der Waals surface area (Å²) < 4.78 is 11.1. The molecule has 2 aliphatic rings. The molecule has 1 aromatic rings. The van der Waals surface area contributed by atoms with Gasteiger partial charge in [-0.15, -0.1) is 0 Å². The first-order valence-electron chi connectivity index (χ1n) is 7.28. The third-order valence-electron chi connectivity index (χ3n) is 3.85. The van der Waals surface area contributed by atoms with Gasteiger partial charge < -0.3 is 14.8 Å². The van der Waals surface area contributed by atoms with Crippen LogP contribution in [0.2, 0.25) is 5.02 Å². The van der Waals surface area contributed by atoms with Crippen LogP contribution in [0.1, 0.15) is 11.1 Å². The minimum Gasteiger partial charge on any atom is -0.493 e. The first-order valence-corrected chi connectivity index (χ1v) is 7.65. The maximum atomic E-state index is 6.16. The van der Waals surface area contributed by atoms with E-state index in [1.807, 2.05) is 12.1 Å². The first kappa shape index (κ1) is 14.1. The van der Waals surface area contributed by atoms with Gasteiger partial charge in [-0.2, -0.15) is 0 Å². The van der Waals surface area contributed by atoms with E-state index in [1.54, 1.807) is 0 Å². The fourth-order valence-electron chi connectivity index (χ4n) is 2.76. The Hall–Kier alpha value is -0.810. The van der Waals surface area contributed by atoms with Crippen molar-refractivity contribution in [1.82, 2.24) is 10.2 Å². The van der Waals surface area contributed by atoms with E-state index in [0.717, 1.165) is 69.7 Å². The van der Waals surface area contributed by atoms with Crippen LogP contribution < -0.4 is 10.1 Å². The van der Waals surface area contributed by atoms with Crippen LogP contribution in [-0.2, 0) is 17.7 Å². The summed E-state index contributed by atoms with van der Waals surface area (Å²) >= 11 is 6.16. The van der Waals surface area contributed by atoms with Gasteiger partial charge >= 0.3 is 0 Å². The molecule has 5 heteroatoms. The molecule has 1 saturated heterocycles. The van der Waals surface area contributed by atoms with Crippen molar-refractivity contribution in [2.45, 2.75) is 13.0 Å². The van der Waals surface area contributed by atoms with Gasteiger partial charge in [-0.25, -0.2) is 0 Å². The SMILES string of the molecule is Clc1cc2c(c(CNCCN3CCOCC3)c1)OCC2. The molecule has 0 aliphatic carbocycles. The van der Waals surface area contributed by atoms with E-state index in [-0.39, 0.29) is 0 Å². The molecule has 2 heterocycles. The molecule has 3 rings (SSSR count). The molecular formula is C15H21ClN2O2. The highest BCUT2D eigenvalue weighted by Crippen LogP contribution is 2.32. The zero-order valence-corrected chi connectivity index (χ0v) is 12.4. The first-order chi connectivity index (χ1) is 9.83. The van der Waals surface area contributed by atoms with Crippen LogP contribution in [-0.4, -0.2) is 50.9 Å². The molecule has 0 aromatic heterocycles. The Balaban J connectivity index is 1.49. The fourth-order valence-corrected chi connectivity index (χ4v) is 3.03. The predicted octanol–water partition coefficient (Wildman–Crippen LogP) is 1.70. The topological polar surface area (TPSA) is 33.7 Å². The second kappa shape index (κ2) is 6.76. The van der Waals surface area contributed by atoms with Crippen molar-refractivity contribution in [1.29, 1.82) is 0 Å². The number of ether oxygens (including phenoxy) is 2. The van der Waals surface area contributed by atoms with E-state index < -0.39 is 0 Å². The van der Waals surface area contributed by atoms with Crippen LogP contribution in [0.3, 0.4) is 0 Å². The molecular weight excluding hydrogens is 276 g/mol. The van der Waals surface area contributed by atoms with Crippen LogP contribution in [0.5, 0.6) is 5.75 Å². The number of nitrogens with zero attached hydrogens (tertiary/aromatic N) is 1. The van der Waals surface area contributed by atoms with Crippen LogP contribution in [0, 0.1) is 0 Å². The lowest BCUT2D eigenvalue weighted by molar-refractivity contribution is 0.0384. The summed E-state index contributed by atoms with van der Waals surface area (Å²) in [5.74, 6) is 1.04. The number of morpholine rings is 1. The van der Waals surface area contributed by atoms with Crippen molar-refractivity contribution in [2.75, 3.05) is 46.0 Å². The molecule has 0 saturated carbocycles. The molecule has 110 valence electrons. The average molecular weight is 297 g/mol. The number of rotatable bonds is 5. The summed E-state index contributed by atoms with van der Waals surface area (Å²) in [6, 6.07) is 4.02. The highest BCUT2D eigenvalue weighted by atomic mass is 35.5. The second-order valence-electron chi connectivity index (χ2n) is 5.28. The summed E-state index contributed by atoms with van der Waals surface area (Å²) in [5.41, 5.74) is 2.41. The van der Waals surface area contributed by atoms with E-state index in [9.17, 15) is 0 Å². The molecule has 1 fully saturated rings. The predicted molar refractivity (Wildman–Crippen MR) is 79.6 cm³/mol. The number of benzene rings is 1. The van der Waals surface area contributed by atoms with Crippen molar-refractivity contribution in [3.63, 3.8) is 0 Å². The molecule has 2 aliphatic heterocycles. The normalized spacial score (nSPS) is 18.9. The van der Waals surface area contributed by atoms with Crippen LogP contribution >= 0.6 is 11.6 Å². The third kappa shape index (κ3) is 3.44. The number of nitrogens with one attached hydrogen (secondary N) is 1. The highest BCUT2D eigenvalue weighted by Gasteiger charge is 2.17. The van der Waals surface area contributed by atoms with Crippen LogP contribution in [0.15, 0.2) is 12.1 Å². The number of hydrogen-bond donors (Lipinski definition) is 1. The summed E-state index contributed by atoms with van der Waals surface area (Å²) in [6.07, 6.45) is 0.969. The fraction of sp³-hybridized carbons (Fsp3) is 0.600. The van der Waals surface area contributed by atoms with E-state index in [0.29, 0.717) is 0 Å². The molecule has 0 atom stereocenters. The monoisotopic (exact) mass is 296 g/mol. The lowest BCUT2D eigenvalue weighted by Gasteiger charge is -2.26. The third-order valence-corrected chi connectivity index (χ3v) is 4.07. The lowest BCUT2D eigenvalue weighted by Crippen LogP contribution is -2.40. The molecule has 0 spiro atoms. The Kier molecular flexibility index (Phi) is 4.78. The molecule has 0 amide bonds. The quantitative estimate of drug-likeness (QED) is 0.839. The zero-order chi connectivity index (χ0) is 13.8. The van der Waals surface area contributed by atoms with Crippen molar-refractivity contribution in [3.05, 3.63) is 28.3 Å². The van der Waals surface area contributed by atoms with E-state index >= 15 is 0 Å². The van der Waals surface area contributed by atoms with E-state index in [2.05, 4.69) is 10.2 Å². The lowest BCUT2D eigenvalue weighted by atomic mass is 10.1. The van der Waals surface area contributed by atoms with Gasteiger partial charge in [0.2, 0.25) is 0 Å². The molecule has 20 heavy (non-hydrogen) atoms. The van der Waals surface area contributed by atoms with Crippen molar-refractivity contribution >= 4 is 11.6 Å². The molecule has 0 radical (unpaired) electrons. The molecule has 1 N–H and O–H groups in total. The van der Waals surface area contributed by atoms with Gasteiger partial charge in [0.15, 0.2) is 0 Å². The van der Waals surface area contributed by atoms with Gasteiger partial charge in [0, 0.05) is 49.7 Å². The largest absolute Gasteiger partial charge is 0.493 e. The summed E-state index contributed by atoms with van der Waals surface area (Å²) in [5, 5.41) is 4.29. The maximum Gasteiger partial charge on any atom is 0.127 e. The molecule has 0 bridgehead atoms. The van der Waals surface area contributed by atoms with Gasteiger partial charge in [0.25, 0.3) is 0 Å². The standard InChI is InChI=1S/C15H21ClN2O2/c16-14-9-12-1-6-20-15(12)13(10-14)11-17-2-3-18-4-7-19-8-5-18/h9-10,17H,1-8,11H2. The van der Waals surface area contributed by atoms with Crippen LogP contribution in [0.25, 0.3) is 0 Å². The Labute approximate surface area is 125 Å². The minimum absolute atomic E-state index is 0.774. The van der Waals surface area contributed by atoms with Crippen molar-refractivity contribution in [3.8, 4) is 5.75 Å². The van der Waals surface area contributed by atoms with E-state index in [4.69, 9.17) is 21.1 Å². The Morgan fingerprint density at radius 3 is 2.90 bits per heavy atom. The van der Waals surface area contributed by atoms with Gasteiger partial charge in [-0.1, -0.05) is 11.6 Å². The van der Waals surface area contributed by atoms with Gasteiger partial charge in [-0.05, 0) is 17.7 Å².